The number of rotatable bonds is 2. The van der Waals surface area contributed by atoms with Gasteiger partial charge in [0.1, 0.15) is 5.75 Å². The van der Waals surface area contributed by atoms with Gasteiger partial charge in [-0.2, -0.15) is 0 Å². The molecule has 70 valence electrons. The molecule has 1 nitrogen and oxygen atoms in total. The van der Waals surface area contributed by atoms with Gasteiger partial charge in [-0.05, 0) is 19.1 Å². The van der Waals surface area contributed by atoms with E-state index in [2.05, 4.69) is 0 Å². The van der Waals surface area contributed by atoms with Crippen molar-refractivity contribution in [3.05, 3.63) is 30.3 Å². The van der Waals surface area contributed by atoms with Crippen molar-refractivity contribution >= 4 is 0 Å². The number of hydrogen-bond donors (Lipinski definition) is 0. The topological polar surface area (TPSA) is 9.23 Å². The van der Waals surface area contributed by atoms with E-state index in [1.807, 2.05) is 37.3 Å². The monoisotopic (exact) mass is 352 g/mol. The molecule has 0 radical (unpaired) electrons. The van der Waals surface area contributed by atoms with Crippen LogP contribution in [0.1, 0.15) is 6.92 Å². The van der Waals surface area contributed by atoms with E-state index >= 15 is 0 Å². The number of ether oxygens (including phenoxy) is 1. The molecule has 4 heteroatoms. The van der Waals surface area contributed by atoms with Crippen LogP contribution in [0.2, 0.25) is 0 Å². The van der Waals surface area contributed by atoms with Gasteiger partial charge in [-0.15, -0.1) is 0 Å². The molecule has 0 heterocycles. The minimum absolute atomic E-state index is 0. The quantitative estimate of drug-likeness (QED) is 0.530. The Bertz CT molecular complexity index is 170. The van der Waals surface area contributed by atoms with Crippen LogP contribution in [0.25, 0.3) is 0 Å². The predicted octanol–water partition coefficient (Wildman–Crippen LogP) is -3.91. The fourth-order valence-electron chi connectivity index (χ4n) is 0.683. The fraction of sp³-hybridized carbons (Fsp3) is 0.250. The van der Waals surface area contributed by atoms with Crippen LogP contribution in [0.5, 0.6) is 5.75 Å². The van der Waals surface area contributed by atoms with E-state index in [0.29, 0.717) is 0 Å². The molecule has 0 aliphatic carbocycles. The first-order valence-corrected chi connectivity index (χ1v) is 3.11. The van der Waals surface area contributed by atoms with E-state index in [9.17, 15) is 0 Å². The molecule has 12 heavy (non-hydrogen) atoms. The Morgan fingerprint density at radius 3 is 2.00 bits per heavy atom. The fourth-order valence-corrected chi connectivity index (χ4v) is 0.683. The molecule has 0 aromatic heterocycles. The second-order valence-corrected chi connectivity index (χ2v) is 1.75. The molecule has 1 aromatic carbocycles. The van der Waals surface area contributed by atoms with Gasteiger partial charge >= 0.3 is 19.8 Å². The largest absolute Gasteiger partial charge is 2.00 e. The zero-order valence-corrected chi connectivity index (χ0v) is 9.15. The third-order valence-corrected chi connectivity index (χ3v) is 1.05. The Hall–Kier alpha value is -0.484. The maximum Gasteiger partial charge on any atom is 2.00 e. The van der Waals surface area contributed by atoms with E-state index < -0.39 is 0 Å². The molecule has 0 aliphatic heterocycles. The summed E-state index contributed by atoms with van der Waals surface area (Å²) in [5.41, 5.74) is 0. The van der Waals surface area contributed by atoms with Gasteiger partial charge in [0.2, 0.25) is 0 Å². The molecule has 0 spiro atoms. The van der Waals surface area contributed by atoms with Crippen molar-refractivity contribution in [2.24, 2.45) is 0 Å². The van der Waals surface area contributed by atoms with Gasteiger partial charge in [0, 0.05) is 0 Å². The predicted molar refractivity (Wildman–Crippen MR) is 37.6 cm³/mol. The van der Waals surface area contributed by atoms with Crippen molar-refractivity contribution in [3.63, 3.8) is 0 Å². The van der Waals surface area contributed by atoms with Crippen LogP contribution in [-0.2, 0) is 19.8 Å². The van der Waals surface area contributed by atoms with Crippen molar-refractivity contribution < 1.29 is 33.9 Å². The Balaban J connectivity index is -0.000000270. The zero-order chi connectivity index (χ0) is 6.53. The smallest absolute Gasteiger partial charge is 1.00 e. The third kappa shape index (κ3) is 6.24. The van der Waals surface area contributed by atoms with Crippen molar-refractivity contribution in [2.75, 3.05) is 6.61 Å². The second-order valence-electron chi connectivity index (χ2n) is 1.75. The number of hydrogen-bond acceptors (Lipinski definition) is 1. The average Bonchev–Trinajstić information content (AvgIpc) is 1.91. The van der Waals surface area contributed by atoms with Crippen LogP contribution in [0.3, 0.4) is 0 Å². The van der Waals surface area contributed by atoms with Crippen molar-refractivity contribution in [1.82, 2.24) is 0 Å². The maximum absolute atomic E-state index is 5.21. The molecule has 1 rings (SSSR count). The third-order valence-electron chi connectivity index (χ3n) is 1.05. The molecule has 0 saturated heterocycles. The van der Waals surface area contributed by atoms with E-state index in [-0.39, 0.29) is 29.2 Å². The van der Waals surface area contributed by atoms with Gasteiger partial charge in [0.05, 0.1) is 6.61 Å². The first kappa shape index (κ1) is 17.6. The van der Waals surface area contributed by atoms with Crippen LogP contribution < -0.4 is 14.1 Å². The summed E-state index contributed by atoms with van der Waals surface area (Å²) in [5, 5.41) is 0. The molecule has 0 amide bonds. The minimum Gasteiger partial charge on any atom is -1.00 e. The van der Waals surface area contributed by atoms with Crippen LogP contribution in [0, 0.1) is 0 Å². The Morgan fingerprint density at radius 2 is 1.58 bits per heavy atom. The molecule has 0 aliphatic rings. The normalized spacial score (nSPS) is 6.75. The van der Waals surface area contributed by atoms with Crippen LogP contribution in [0.4, 0.5) is 0 Å². The second kappa shape index (κ2) is 10.5. The molecule has 0 unspecified atom stereocenters. The summed E-state index contributed by atoms with van der Waals surface area (Å²) >= 11 is 0. The number of para-hydroxylation sites is 1. The Labute approximate surface area is 83.9 Å². The standard InChI is InChI=1S/C8H10O.2FH.Os/c1-2-9-8-6-4-3-5-7-8;;;/h3-7H,2H2,1H3;2*1H;/q;;;+2/p-2. The summed E-state index contributed by atoms with van der Waals surface area (Å²) in [7, 11) is 0. The zero-order valence-electron chi connectivity index (χ0n) is 6.61. The summed E-state index contributed by atoms with van der Waals surface area (Å²) in [6, 6.07) is 9.80. The Kier molecular flexibility index (Phi) is 15.4. The van der Waals surface area contributed by atoms with E-state index in [4.69, 9.17) is 4.74 Å². The summed E-state index contributed by atoms with van der Waals surface area (Å²) in [4.78, 5) is 0. The van der Waals surface area contributed by atoms with Gasteiger partial charge in [-0.25, -0.2) is 0 Å². The molecule has 0 atom stereocenters. The molecule has 1 aromatic rings. The van der Waals surface area contributed by atoms with Crippen LogP contribution in [-0.4, -0.2) is 6.61 Å². The summed E-state index contributed by atoms with van der Waals surface area (Å²) in [6.45, 7) is 2.72. The first-order valence-electron chi connectivity index (χ1n) is 3.11. The van der Waals surface area contributed by atoms with Crippen molar-refractivity contribution in [2.45, 2.75) is 6.92 Å². The molecule has 0 saturated carbocycles. The van der Waals surface area contributed by atoms with Gasteiger partial charge in [-0.1, -0.05) is 18.2 Å². The van der Waals surface area contributed by atoms with Crippen LogP contribution >= 0.6 is 0 Å². The molecule has 0 N–H and O–H groups in total. The summed E-state index contributed by atoms with van der Waals surface area (Å²) in [6.07, 6.45) is 0. The first-order chi connectivity index (χ1) is 4.43. The van der Waals surface area contributed by atoms with E-state index in [1.165, 1.54) is 0 Å². The van der Waals surface area contributed by atoms with Crippen molar-refractivity contribution in [3.8, 4) is 5.75 Å². The summed E-state index contributed by atoms with van der Waals surface area (Å²) < 4.78 is 5.21. The summed E-state index contributed by atoms with van der Waals surface area (Å²) in [5.74, 6) is 0.944. The van der Waals surface area contributed by atoms with Crippen molar-refractivity contribution in [1.29, 1.82) is 0 Å². The number of benzene rings is 1. The molecule has 0 fully saturated rings. The van der Waals surface area contributed by atoms with Gasteiger partial charge in [0.25, 0.3) is 0 Å². The minimum atomic E-state index is 0. The van der Waals surface area contributed by atoms with Gasteiger partial charge < -0.3 is 14.1 Å². The van der Waals surface area contributed by atoms with Gasteiger partial charge in [-0.3, -0.25) is 0 Å². The van der Waals surface area contributed by atoms with Gasteiger partial charge in [0.15, 0.2) is 0 Å². The maximum atomic E-state index is 5.21. The molecular formula is C8H10F2OOs. The molecule has 0 bridgehead atoms. The van der Waals surface area contributed by atoms with E-state index in [0.717, 1.165) is 12.4 Å². The average molecular weight is 350 g/mol. The number of halogens is 2. The van der Waals surface area contributed by atoms with E-state index in [1.54, 1.807) is 0 Å². The Morgan fingerprint density at radius 1 is 1.08 bits per heavy atom. The SMILES string of the molecule is CCOc1ccccc1.[F-].[F-].[Os+2]. The van der Waals surface area contributed by atoms with Crippen LogP contribution in [0.15, 0.2) is 30.3 Å². The molecular weight excluding hydrogens is 340 g/mol.